The van der Waals surface area contributed by atoms with Crippen molar-refractivity contribution in [1.29, 1.82) is 0 Å². The maximum absolute atomic E-state index is 10.7. The number of thioether (sulfide) groups is 1. The smallest absolute Gasteiger partial charge is 0.152 e. The normalized spacial score (nSPS) is 10.6. The maximum atomic E-state index is 10.7. The summed E-state index contributed by atoms with van der Waals surface area (Å²) in [5.41, 5.74) is 7.04. The van der Waals surface area contributed by atoms with E-state index in [0.717, 1.165) is 16.4 Å². The van der Waals surface area contributed by atoms with Crippen LogP contribution in [0.5, 0.6) is 0 Å². The number of carbonyl (C=O) groups excluding carboxylic acids is 1. The van der Waals surface area contributed by atoms with Crippen molar-refractivity contribution in [3.63, 3.8) is 0 Å². The fourth-order valence-electron chi connectivity index (χ4n) is 1.32. The molecule has 1 aromatic carbocycles. The first-order valence-electron chi connectivity index (χ1n) is 4.07. The second-order valence-electron chi connectivity index (χ2n) is 2.87. The second-order valence-corrected chi connectivity index (χ2v) is 5.03. The highest BCUT2D eigenvalue weighted by Crippen LogP contribution is 2.36. The van der Waals surface area contributed by atoms with Gasteiger partial charge in [-0.25, -0.2) is 0 Å². The summed E-state index contributed by atoms with van der Waals surface area (Å²) in [5.74, 6) is 0. The molecule has 0 aliphatic heterocycles. The number of fused-ring (bicyclic) bond motifs is 1. The van der Waals surface area contributed by atoms with Gasteiger partial charge in [0.05, 0.1) is 14.6 Å². The van der Waals surface area contributed by atoms with E-state index in [0.29, 0.717) is 11.3 Å². The number of benzene rings is 1. The molecule has 0 amide bonds. The monoisotopic (exact) mass is 223 g/mol. The molecule has 0 radical (unpaired) electrons. The SMILES string of the molecule is CSc1cc2ccc(C=O)c(N)c2s1. The van der Waals surface area contributed by atoms with E-state index in [9.17, 15) is 4.79 Å². The molecule has 0 atom stereocenters. The van der Waals surface area contributed by atoms with E-state index in [-0.39, 0.29) is 0 Å². The van der Waals surface area contributed by atoms with Gasteiger partial charge in [-0.3, -0.25) is 4.79 Å². The lowest BCUT2D eigenvalue weighted by Gasteiger charge is -1.98. The van der Waals surface area contributed by atoms with Gasteiger partial charge in [-0.1, -0.05) is 6.07 Å². The number of hydrogen-bond acceptors (Lipinski definition) is 4. The first-order chi connectivity index (χ1) is 6.76. The summed E-state index contributed by atoms with van der Waals surface area (Å²) in [7, 11) is 0. The highest BCUT2D eigenvalue weighted by atomic mass is 32.2. The van der Waals surface area contributed by atoms with Crippen molar-refractivity contribution >= 4 is 45.2 Å². The highest BCUT2D eigenvalue weighted by Gasteiger charge is 2.07. The Balaban J connectivity index is 2.74. The number of hydrogen-bond donors (Lipinski definition) is 1. The number of nitrogens with two attached hydrogens (primary N) is 1. The number of nitrogen functional groups attached to an aromatic ring is 1. The average molecular weight is 223 g/mol. The Labute approximate surface area is 90.1 Å². The van der Waals surface area contributed by atoms with Crippen molar-refractivity contribution in [1.82, 2.24) is 0 Å². The highest BCUT2D eigenvalue weighted by molar-refractivity contribution is 8.00. The van der Waals surface area contributed by atoms with Crippen LogP contribution in [0.15, 0.2) is 22.4 Å². The minimum atomic E-state index is 0.576. The molecule has 2 nitrogen and oxygen atoms in total. The predicted molar refractivity (Wildman–Crippen MR) is 63.4 cm³/mol. The first-order valence-corrected chi connectivity index (χ1v) is 6.11. The summed E-state index contributed by atoms with van der Waals surface area (Å²) >= 11 is 3.32. The molecule has 0 unspecified atom stereocenters. The van der Waals surface area contributed by atoms with E-state index in [4.69, 9.17) is 5.73 Å². The van der Waals surface area contributed by atoms with Gasteiger partial charge in [-0.15, -0.1) is 23.1 Å². The molecular formula is C10H9NOS2. The molecule has 0 fully saturated rings. The van der Waals surface area contributed by atoms with Crippen molar-refractivity contribution in [2.45, 2.75) is 4.21 Å². The molecule has 72 valence electrons. The zero-order valence-electron chi connectivity index (χ0n) is 7.61. The molecule has 4 heteroatoms. The fraction of sp³-hybridized carbons (Fsp3) is 0.100. The minimum absolute atomic E-state index is 0.576. The molecule has 2 aromatic rings. The molecule has 0 aliphatic rings. The van der Waals surface area contributed by atoms with E-state index < -0.39 is 0 Å². The third kappa shape index (κ3) is 1.40. The Morgan fingerprint density at radius 3 is 2.93 bits per heavy atom. The lowest BCUT2D eigenvalue weighted by atomic mass is 10.1. The first kappa shape index (κ1) is 9.55. The predicted octanol–water partition coefficient (Wildman–Crippen LogP) is 3.02. The summed E-state index contributed by atoms with van der Waals surface area (Å²) in [6, 6.07) is 5.79. The van der Waals surface area contributed by atoms with Crippen molar-refractivity contribution in [2.24, 2.45) is 0 Å². The molecule has 0 bridgehead atoms. The van der Waals surface area contributed by atoms with E-state index in [2.05, 4.69) is 6.07 Å². The van der Waals surface area contributed by atoms with Crippen molar-refractivity contribution in [3.8, 4) is 0 Å². The number of aldehydes is 1. The Morgan fingerprint density at radius 1 is 1.50 bits per heavy atom. The van der Waals surface area contributed by atoms with Crippen LogP contribution in [0.1, 0.15) is 10.4 Å². The van der Waals surface area contributed by atoms with E-state index in [1.807, 2.05) is 12.3 Å². The molecule has 0 aliphatic carbocycles. The van der Waals surface area contributed by atoms with Gasteiger partial charge >= 0.3 is 0 Å². The minimum Gasteiger partial charge on any atom is -0.397 e. The van der Waals surface area contributed by atoms with Gasteiger partial charge in [0.15, 0.2) is 6.29 Å². The van der Waals surface area contributed by atoms with Gasteiger partial charge in [0.1, 0.15) is 0 Å². The Hall–Kier alpha value is -1.00. The van der Waals surface area contributed by atoms with E-state index >= 15 is 0 Å². The topological polar surface area (TPSA) is 43.1 Å². The van der Waals surface area contributed by atoms with Crippen molar-refractivity contribution < 1.29 is 4.79 Å². The number of thiophene rings is 1. The van der Waals surface area contributed by atoms with Crippen LogP contribution in [0.25, 0.3) is 10.1 Å². The summed E-state index contributed by atoms with van der Waals surface area (Å²) < 4.78 is 2.23. The van der Waals surface area contributed by atoms with Gasteiger partial charge < -0.3 is 5.73 Å². The Bertz CT molecular complexity index is 490. The Kier molecular flexibility index (Phi) is 2.48. The number of anilines is 1. The standard InChI is InChI=1S/C10H9NOS2/c1-13-8-4-6-2-3-7(5-12)9(11)10(6)14-8/h2-5H,11H2,1H3. The number of rotatable bonds is 2. The third-order valence-corrected chi connectivity index (χ3v) is 4.31. The van der Waals surface area contributed by atoms with Gasteiger partial charge in [-0.2, -0.15) is 0 Å². The van der Waals surface area contributed by atoms with Crippen LogP contribution in [0.4, 0.5) is 5.69 Å². The molecule has 0 saturated carbocycles. The zero-order chi connectivity index (χ0) is 10.1. The van der Waals surface area contributed by atoms with Gasteiger partial charge in [0.25, 0.3) is 0 Å². The molecule has 14 heavy (non-hydrogen) atoms. The number of carbonyl (C=O) groups is 1. The largest absolute Gasteiger partial charge is 0.397 e. The van der Waals surface area contributed by atoms with Crippen LogP contribution in [0.2, 0.25) is 0 Å². The van der Waals surface area contributed by atoms with Crippen LogP contribution in [-0.2, 0) is 0 Å². The van der Waals surface area contributed by atoms with Crippen LogP contribution >= 0.6 is 23.1 Å². The van der Waals surface area contributed by atoms with E-state index in [1.165, 1.54) is 4.21 Å². The van der Waals surface area contributed by atoms with Crippen LogP contribution in [0.3, 0.4) is 0 Å². The van der Waals surface area contributed by atoms with Gasteiger partial charge in [-0.05, 0) is 23.8 Å². The molecule has 0 saturated heterocycles. The summed E-state index contributed by atoms with van der Waals surface area (Å²) in [4.78, 5) is 10.7. The molecule has 1 heterocycles. The van der Waals surface area contributed by atoms with Crippen LogP contribution in [-0.4, -0.2) is 12.5 Å². The fourth-order valence-corrected chi connectivity index (χ4v) is 3.01. The lowest BCUT2D eigenvalue weighted by Crippen LogP contribution is -1.91. The molecular weight excluding hydrogens is 214 g/mol. The lowest BCUT2D eigenvalue weighted by molar-refractivity contribution is 0.112. The maximum Gasteiger partial charge on any atom is 0.152 e. The molecule has 2 rings (SSSR count). The van der Waals surface area contributed by atoms with Crippen LogP contribution < -0.4 is 5.73 Å². The van der Waals surface area contributed by atoms with Crippen LogP contribution in [0, 0.1) is 0 Å². The van der Waals surface area contributed by atoms with Gasteiger partial charge in [0, 0.05) is 5.56 Å². The summed E-state index contributed by atoms with van der Waals surface area (Å²) in [6.07, 6.45) is 2.83. The molecule has 0 spiro atoms. The third-order valence-electron chi connectivity index (χ3n) is 2.06. The van der Waals surface area contributed by atoms with Crippen molar-refractivity contribution in [3.05, 3.63) is 23.8 Å². The molecule has 1 aromatic heterocycles. The zero-order valence-corrected chi connectivity index (χ0v) is 9.24. The molecule has 2 N–H and O–H groups in total. The average Bonchev–Trinajstić information content (AvgIpc) is 2.62. The summed E-state index contributed by atoms with van der Waals surface area (Å²) in [5, 5.41) is 1.11. The Morgan fingerprint density at radius 2 is 2.29 bits per heavy atom. The van der Waals surface area contributed by atoms with E-state index in [1.54, 1.807) is 29.2 Å². The van der Waals surface area contributed by atoms with Gasteiger partial charge in [0.2, 0.25) is 0 Å². The van der Waals surface area contributed by atoms with Crippen molar-refractivity contribution in [2.75, 3.05) is 12.0 Å². The summed E-state index contributed by atoms with van der Waals surface area (Å²) in [6.45, 7) is 0. The quantitative estimate of drug-likeness (QED) is 0.483. The second kappa shape index (κ2) is 3.63.